The van der Waals surface area contributed by atoms with Crippen LogP contribution in [0.2, 0.25) is 0 Å². The monoisotopic (exact) mass is 224 g/mol. The lowest BCUT2D eigenvalue weighted by atomic mass is 10.1. The van der Waals surface area contributed by atoms with Crippen LogP contribution < -0.4 is 0 Å². The molecule has 0 aromatic rings. The van der Waals surface area contributed by atoms with Gasteiger partial charge in [0.15, 0.2) is 0 Å². The van der Waals surface area contributed by atoms with Crippen LogP contribution in [0.25, 0.3) is 0 Å². The van der Waals surface area contributed by atoms with Gasteiger partial charge in [0.25, 0.3) is 0 Å². The molecule has 0 N–H and O–H groups in total. The fourth-order valence-electron chi connectivity index (χ4n) is 3.50. The van der Waals surface area contributed by atoms with Crippen molar-refractivity contribution in [1.29, 1.82) is 0 Å². The van der Waals surface area contributed by atoms with Crippen LogP contribution in [0.4, 0.5) is 0 Å². The lowest BCUT2D eigenvalue weighted by Crippen LogP contribution is -2.47. The molecule has 16 heavy (non-hydrogen) atoms. The van der Waals surface area contributed by atoms with E-state index in [2.05, 4.69) is 30.6 Å². The smallest absolute Gasteiger partial charge is 0.0718 e. The third kappa shape index (κ3) is 1.79. The summed E-state index contributed by atoms with van der Waals surface area (Å²) >= 11 is 0. The fourth-order valence-corrected chi connectivity index (χ4v) is 3.50. The Morgan fingerprint density at radius 2 is 1.94 bits per heavy atom. The van der Waals surface area contributed by atoms with Crippen LogP contribution in [0.1, 0.15) is 33.6 Å². The molecular weight excluding hydrogens is 200 g/mol. The van der Waals surface area contributed by atoms with Gasteiger partial charge in [-0.1, -0.05) is 0 Å². The van der Waals surface area contributed by atoms with Crippen molar-refractivity contribution in [3.8, 4) is 0 Å². The molecule has 0 aromatic carbocycles. The number of likely N-dealkylation sites (tertiary alicyclic amines) is 2. The number of hydrogen-bond donors (Lipinski definition) is 0. The van der Waals surface area contributed by atoms with E-state index >= 15 is 0 Å². The molecule has 3 heteroatoms. The van der Waals surface area contributed by atoms with Crippen molar-refractivity contribution in [3.63, 3.8) is 0 Å². The Hall–Kier alpha value is -0.120. The summed E-state index contributed by atoms with van der Waals surface area (Å²) in [5, 5.41) is 0. The maximum Gasteiger partial charge on any atom is 0.0718 e. The van der Waals surface area contributed by atoms with E-state index in [0.29, 0.717) is 11.6 Å². The van der Waals surface area contributed by atoms with Crippen molar-refractivity contribution in [1.82, 2.24) is 9.80 Å². The Labute approximate surface area is 98.7 Å². The zero-order valence-corrected chi connectivity index (χ0v) is 10.8. The van der Waals surface area contributed by atoms with Crippen molar-refractivity contribution in [2.75, 3.05) is 26.2 Å². The third-order valence-electron chi connectivity index (χ3n) is 4.52. The van der Waals surface area contributed by atoms with Crippen LogP contribution in [-0.2, 0) is 4.74 Å². The summed E-state index contributed by atoms with van der Waals surface area (Å²) in [7, 11) is 0. The Balaban J connectivity index is 1.62. The van der Waals surface area contributed by atoms with Crippen LogP contribution in [0.15, 0.2) is 0 Å². The summed E-state index contributed by atoms with van der Waals surface area (Å²) in [5.41, 5.74) is 0.337. The summed E-state index contributed by atoms with van der Waals surface area (Å²) < 4.78 is 5.68. The molecule has 0 aliphatic carbocycles. The molecule has 0 radical (unpaired) electrons. The maximum absolute atomic E-state index is 5.68. The number of hydrogen-bond acceptors (Lipinski definition) is 3. The predicted molar refractivity (Wildman–Crippen MR) is 64.6 cm³/mol. The normalized spacial score (nSPS) is 41.1. The average Bonchev–Trinajstić information content (AvgIpc) is 2.92. The zero-order chi connectivity index (χ0) is 11.3. The maximum atomic E-state index is 5.68. The van der Waals surface area contributed by atoms with Gasteiger partial charge in [-0.15, -0.1) is 0 Å². The second kappa shape index (κ2) is 3.69. The van der Waals surface area contributed by atoms with Gasteiger partial charge in [0.05, 0.1) is 12.7 Å². The quantitative estimate of drug-likeness (QED) is 0.668. The largest absolute Gasteiger partial charge is 0.375 e. The highest BCUT2D eigenvalue weighted by Crippen LogP contribution is 2.33. The summed E-state index contributed by atoms with van der Waals surface area (Å²) in [6.07, 6.45) is 3.18. The van der Waals surface area contributed by atoms with E-state index in [1.807, 2.05) is 0 Å². The van der Waals surface area contributed by atoms with E-state index in [4.69, 9.17) is 4.74 Å². The van der Waals surface area contributed by atoms with E-state index in [0.717, 1.165) is 18.7 Å². The molecule has 3 rings (SSSR count). The first-order valence-electron chi connectivity index (χ1n) is 6.66. The van der Waals surface area contributed by atoms with E-state index in [1.54, 1.807) is 0 Å². The molecule has 3 aliphatic heterocycles. The minimum absolute atomic E-state index is 0.337. The van der Waals surface area contributed by atoms with Crippen LogP contribution >= 0.6 is 0 Å². The molecule has 3 atom stereocenters. The number of rotatable bonds is 1. The number of fused-ring (bicyclic) bond motifs is 2. The molecule has 3 heterocycles. The standard InChI is InChI=1S/C13H24N2O/c1-13(2,3)14-5-4-10(7-14)15-8-12-6-11(15)9-16-12/h10-12H,4-9H2,1-3H3/t10?,11-,12-/m0/s1. The van der Waals surface area contributed by atoms with Gasteiger partial charge in [-0.05, 0) is 33.6 Å². The van der Waals surface area contributed by atoms with Crippen LogP contribution in [0.5, 0.6) is 0 Å². The van der Waals surface area contributed by atoms with Gasteiger partial charge < -0.3 is 4.74 Å². The Kier molecular flexibility index (Phi) is 2.54. The summed E-state index contributed by atoms with van der Waals surface area (Å²) in [4.78, 5) is 5.35. The highest BCUT2D eigenvalue weighted by atomic mass is 16.5. The zero-order valence-electron chi connectivity index (χ0n) is 10.8. The summed E-state index contributed by atoms with van der Waals surface area (Å²) in [6, 6.07) is 1.52. The molecular formula is C13H24N2O. The summed E-state index contributed by atoms with van der Waals surface area (Å²) in [6.45, 7) is 11.7. The molecule has 0 aromatic heterocycles. The Morgan fingerprint density at radius 3 is 2.44 bits per heavy atom. The Bertz CT molecular complexity index is 274. The van der Waals surface area contributed by atoms with Crippen molar-refractivity contribution >= 4 is 0 Å². The summed E-state index contributed by atoms with van der Waals surface area (Å²) in [5.74, 6) is 0. The van der Waals surface area contributed by atoms with Crippen LogP contribution in [0.3, 0.4) is 0 Å². The van der Waals surface area contributed by atoms with E-state index in [-0.39, 0.29) is 0 Å². The van der Waals surface area contributed by atoms with Gasteiger partial charge in [-0.3, -0.25) is 9.80 Å². The van der Waals surface area contributed by atoms with Gasteiger partial charge in [0.2, 0.25) is 0 Å². The second-order valence-electron chi connectivity index (χ2n) is 6.60. The number of morpholine rings is 1. The highest BCUT2D eigenvalue weighted by molar-refractivity contribution is 4.98. The molecule has 2 bridgehead atoms. The molecule has 0 spiro atoms. The number of nitrogens with zero attached hydrogens (tertiary/aromatic N) is 2. The van der Waals surface area contributed by atoms with Gasteiger partial charge in [-0.2, -0.15) is 0 Å². The first-order valence-corrected chi connectivity index (χ1v) is 6.66. The van der Waals surface area contributed by atoms with Crippen molar-refractivity contribution in [2.45, 2.75) is 57.3 Å². The van der Waals surface area contributed by atoms with Crippen molar-refractivity contribution in [3.05, 3.63) is 0 Å². The fraction of sp³-hybridized carbons (Fsp3) is 1.00. The highest BCUT2D eigenvalue weighted by Gasteiger charge is 2.44. The van der Waals surface area contributed by atoms with E-state index < -0.39 is 0 Å². The predicted octanol–water partition coefficient (Wildman–Crippen LogP) is 1.33. The minimum atomic E-state index is 0.337. The van der Waals surface area contributed by atoms with Crippen LogP contribution in [-0.4, -0.2) is 59.8 Å². The second-order valence-corrected chi connectivity index (χ2v) is 6.60. The molecule has 3 aliphatic rings. The molecule has 3 nitrogen and oxygen atoms in total. The molecule has 3 fully saturated rings. The molecule has 0 saturated carbocycles. The van der Waals surface area contributed by atoms with E-state index in [1.165, 1.54) is 32.5 Å². The Morgan fingerprint density at radius 1 is 1.12 bits per heavy atom. The van der Waals surface area contributed by atoms with E-state index in [9.17, 15) is 0 Å². The molecule has 92 valence electrons. The molecule has 3 saturated heterocycles. The van der Waals surface area contributed by atoms with Gasteiger partial charge >= 0.3 is 0 Å². The SMILES string of the molecule is CC(C)(C)N1CCC(N2C[C@@H]3C[C@H]2CO3)C1. The first kappa shape index (κ1) is 11.0. The lowest BCUT2D eigenvalue weighted by molar-refractivity contribution is 0.0112. The average molecular weight is 224 g/mol. The molecule has 0 amide bonds. The lowest BCUT2D eigenvalue weighted by Gasteiger charge is -2.35. The number of ether oxygens (including phenoxy) is 1. The molecule has 1 unspecified atom stereocenters. The minimum Gasteiger partial charge on any atom is -0.375 e. The first-order chi connectivity index (χ1) is 7.54. The van der Waals surface area contributed by atoms with Gasteiger partial charge in [-0.25, -0.2) is 0 Å². The van der Waals surface area contributed by atoms with Gasteiger partial charge in [0.1, 0.15) is 0 Å². The third-order valence-corrected chi connectivity index (χ3v) is 4.52. The van der Waals surface area contributed by atoms with Crippen molar-refractivity contribution < 1.29 is 4.74 Å². The van der Waals surface area contributed by atoms with Crippen LogP contribution in [0, 0.1) is 0 Å². The van der Waals surface area contributed by atoms with Gasteiger partial charge in [0, 0.05) is 37.3 Å². The van der Waals surface area contributed by atoms with Crippen molar-refractivity contribution in [2.24, 2.45) is 0 Å². The topological polar surface area (TPSA) is 15.7 Å².